The molecule has 0 amide bonds. The van der Waals surface area contributed by atoms with E-state index in [0.717, 1.165) is 6.42 Å². The molecule has 0 aromatic heterocycles. The normalized spacial score (nSPS) is 15.3. The molecule has 0 fully saturated rings. The van der Waals surface area contributed by atoms with E-state index in [4.69, 9.17) is 5.73 Å². The second kappa shape index (κ2) is 5.29. The zero-order valence-electron chi connectivity index (χ0n) is 9.77. The fourth-order valence-corrected chi connectivity index (χ4v) is 1.96. The zero-order valence-corrected chi connectivity index (χ0v) is 9.77. The molecule has 1 aromatic carbocycles. The lowest BCUT2D eigenvalue weighted by Crippen LogP contribution is -2.29. The first kappa shape index (κ1) is 12.2. The number of aliphatic hydroxyl groups is 1. The van der Waals surface area contributed by atoms with Gasteiger partial charge in [-0.1, -0.05) is 38.1 Å². The van der Waals surface area contributed by atoms with Crippen molar-refractivity contribution in [1.82, 2.24) is 0 Å². The van der Waals surface area contributed by atoms with Crippen LogP contribution in [0.5, 0.6) is 0 Å². The molecule has 1 aromatic rings. The molecule has 1 unspecified atom stereocenters. The smallest absolute Gasteiger partial charge is 0.109 e. The van der Waals surface area contributed by atoms with Crippen LogP contribution >= 0.6 is 0 Å². The molecule has 2 nitrogen and oxygen atoms in total. The van der Waals surface area contributed by atoms with Gasteiger partial charge in [0, 0.05) is 5.92 Å². The molecule has 0 spiro atoms. The van der Waals surface area contributed by atoms with Gasteiger partial charge < -0.3 is 10.8 Å². The Balaban J connectivity index is 2.94. The summed E-state index contributed by atoms with van der Waals surface area (Å²) in [6.07, 6.45) is 0.149. The van der Waals surface area contributed by atoms with Gasteiger partial charge in [-0.3, -0.25) is 0 Å². The van der Waals surface area contributed by atoms with Crippen molar-refractivity contribution in [3.63, 3.8) is 0 Å². The number of aryl methyl sites for hydroxylation is 1. The van der Waals surface area contributed by atoms with Crippen molar-refractivity contribution in [1.29, 1.82) is 0 Å². The molecular weight excluding hydrogens is 186 g/mol. The lowest BCUT2D eigenvalue weighted by molar-refractivity contribution is 0.138. The highest BCUT2D eigenvalue weighted by molar-refractivity contribution is 5.29. The summed E-state index contributed by atoms with van der Waals surface area (Å²) in [5.74, 6) is 0.582. The van der Waals surface area contributed by atoms with Crippen LogP contribution in [0.2, 0.25) is 0 Å². The van der Waals surface area contributed by atoms with Crippen LogP contribution in [0.4, 0.5) is 0 Å². The van der Waals surface area contributed by atoms with Gasteiger partial charge in [-0.2, -0.15) is 0 Å². The maximum atomic E-state index is 9.62. The number of rotatable bonds is 4. The van der Waals surface area contributed by atoms with E-state index in [2.05, 4.69) is 32.9 Å². The first-order valence-corrected chi connectivity index (χ1v) is 5.51. The third-order valence-electron chi connectivity index (χ3n) is 2.73. The van der Waals surface area contributed by atoms with Gasteiger partial charge in [-0.15, -0.1) is 0 Å². The summed E-state index contributed by atoms with van der Waals surface area (Å²) in [6, 6.07) is 8.12. The highest BCUT2D eigenvalue weighted by atomic mass is 16.3. The zero-order chi connectivity index (χ0) is 11.4. The lowest BCUT2D eigenvalue weighted by atomic mass is 9.87. The SMILES string of the molecule is Cc1ccccc1C(CC(C)C)[C@@H](N)O. The highest BCUT2D eigenvalue weighted by Gasteiger charge is 2.20. The summed E-state index contributed by atoms with van der Waals surface area (Å²) >= 11 is 0. The molecule has 2 atom stereocenters. The molecule has 0 heterocycles. The predicted molar refractivity (Wildman–Crippen MR) is 63.6 cm³/mol. The summed E-state index contributed by atoms with van der Waals surface area (Å²) in [7, 11) is 0. The van der Waals surface area contributed by atoms with Crippen molar-refractivity contribution < 1.29 is 5.11 Å². The molecule has 84 valence electrons. The molecule has 1 rings (SSSR count). The molecule has 2 heteroatoms. The van der Waals surface area contributed by atoms with E-state index in [9.17, 15) is 5.11 Å². The maximum absolute atomic E-state index is 9.62. The van der Waals surface area contributed by atoms with Crippen LogP contribution in [0.25, 0.3) is 0 Å². The molecular formula is C13H21NO. The Morgan fingerprint density at radius 1 is 1.27 bits per heavy atom. The first-order valence-electron chi connectivity index (χ1n) is 5.51. The van der Waals surface area contributed by atoms with Crippen LogP contribution in [0, 0.1) is 12.8 Å². The fraction of sp³-hybridized carbons (Fsp3) is 0.538. The van der Waals surface area contributed by atoms with Crippen LogP contribution in [0.15, 0.2) is 24.3 Å². The summed E-state index contributed by atoms with van der Waals surface area (Å²) in [5, 5.41) is 9.62. The largest absolute Gasteiger partial charge is 0.378 e. The summed E-state index contributed by atoms with van der Waals surface area (Å²) in [5.41, 5.74) is 8.01. The van der Waals surface area contributed by atoms with E-state index >= 15 is 0 Å². The summed E-state index contributed by atoms with van der Waals surface area (Å²) in [6.45, 7) is 6.35. The van der Waals surface area contributed by atoms with Crippen molar-refractivity contribution in [2.75, 3.05) is 0 Å². The molecule has 0 radical (unpaired) electrons. The van der Waals surface area contributed by atoms with Gasteiger partial charge in [-0.25, -0.2) is 0 Å². The predicted octanol–water partition coefficient (Wildman–Crippen LogP) is 2.40. The van der Waals surface area contributed by atoms with Crippen molar-refractivity contribution in [3.05, 3.63) is 35.4 Å². The Bertz CT molecular complexity index is 307. The van der Waals surface area contributed by atoms with E-state index in [1.165, 1.54) is 11.1 Å². The molecule has 15 heavy (non-hydrogen) atoms. The van der Waals surface area contributed by atoms with E-state index in [0.29, 0.717) is 5.92 Å². The molecule has 3 N–H and O–H groups in total. The number of benzene rings is 1. The summed E-state index contributed by atoms with van der Waals surface area (Å²) < 4.78 is 0. The van der Waals surface area contributed by atoms with Gasteiger partial charge in [0.2, 0.25) is 0 Å². The Labute approximate surface area is 92.1 Å². The first-order chi connectivity index (χ1) is 7.02. The van der Waals surface area contributed by atoms with Crippen molar-refractivity contribution >= 4 is 0 Å². The van der Waals surface area contributed by atoms with Gasteiger partial charge in [0.25, 0.3) is 0 Å². The van der Waals surface area contributed by atoms with Gasteiger partial charge in [-0.05, 0) is 30.4 Å². The van der Waals surface area contributed by atoms with Crippen molar-refractivity contribution in [2.24, 2.45) is 11.7 Å². The number of hydrogen-bond donors (Lipinski definition) is 2. The van der Waals surface area contributed by atoms with Gasteiger partial charge in [0.1, 0.15) is 6.23 Å². The molecule has 0 saturated heterocycles. The minimum Gasteiger partial charge on any atom is -0.378 e. The second-order valence-corrected chi connectivity index (χ2v) is 4.58. The standard InChI is InChI=1S/C13H21NO/c1-9(2)8-12(13(14)15)11-7-5-4-6-10(11)3/h4-7,9,12-13,15H,8,14H2,1-3H3/t12?,13-/m0/s1. The van der Waals surface area contributed by atoms with Crippen LogP contribution in [-0.2, 0) is 0 Å². The number of aliphatic hydroxyl groups excluding tert-OH is 1. The monoisotopic (exact) mass is 207 g/mol. The third-order valence-corrected chi connectivity index (χ3v) is 2.73. The lowest BCUT2D eigenvalue weighted by Gasteiger charge is -2.23. The number of hydrogen-bond acceptors (Lipinski definition) is 2. The van der Waals surface area contributed by atoms with Crippen LogP contribution in [0.3, 0.4) is 0 Å². The molecule has 0 bridgehead atoms. The Morgan fingerprint density at radius 2 is 1.87 bits per heavy atom. The van der Waals surface area contributed by atoms with Gasteiger partial charge in [0.05, 0.1) is 0 Å². The average Bonchev–Trinajstić information content (AvgIpc) is 2.15. The van der Waals surface area contributed by atoms with Gasteiger partial charge >= 0.3 is 0 Å². The van der Waals surface area contributed by atoms with Crippen LogP contribution in [0.1, 0.15) is 37.3 Å². The maximum Gasteiger partial charge on any atom is 0.109 e. The second-order valence-electron chi connectivity index (χ2n) is 4.58. The van der Waals surface area contributed by atoms with E-state index in [1.54, 1.807) is 0 Å². The van der Waals surface area contributed by atoms with Crippen molar-refractivity contribution in [3.8, 4) is 0 Å². The quantitative estimate of drug-likeness (QED) is 0.745. The molecule has 0 aliphatic rings. The fourth-order valence-electron chi connectivity index (χ4n) is 1.96. The van der Waals surface area contributed by atoms with Crippen LogP contribution < -0.4 is 5.73 Å². The van der Waals surface area contributed by atoms with Crippen molar-refractivity contribution in [2.45, 2.75) is 39.3 Å². The summed E-state index contributed by atoms with van der Waals surface area (Å²) in [4.78, 5) is 0. The minimum absolute atomic E-state index is 0.0474. The minimum atomic E-state index is -0.770. The van der Waals surface area contributed by atoms with E-state index < -0.39 is 6.23 Å². The molecule has 0 aliphatic carbocycles. The number of nitrogens with two attached hydrogens (primary N) is 1. The average molecular weight is 207 g/mol. The Kier molecular flexibility index (Phi) is 4.30. The van der Waals surface area contributed by atoms with Gasteiger partial charge in [0.15, 0.2) is 0 Å². The third kappa shape index (κ3) is 3.33. The molecule has 0 aliphatic heterocycles. The highest BCUT2D eigenvalue weighted by Crippen LogP contribution is 2.27. The van der Waals surface area contributed by atoms with E-state index in [-0.39, 0.29) is 5.92 Å². The Morgan fingerprint density at radius 3 is 2.33 bits per heavy atom. The molecule has 0 saturated carbocycles. The van der Waals surface area contributed by atoms with Crippen LogP contribution in [-0.4, -0.2) is 11.3 Å². The van der Waals surface area contributed by atoms with E-state index in [1.807, 2.05) is 12.1 Å². The Hall–Kier alpha value is -0.860. The topological polar surface area (TPSA) is 46.2 Å².